The Labute approximate surface area is 165 Å². The lowest BCUT2D eigenvalue weighted by Gasteiger charge is -2.30. The van der Waals surface area contributed by atoms with Gasteiger partial charge in [0.2, 0.25) is 11.8 Å². The van der Waals surface area contributed by atoms with Crippen molar-refractivity contribution in [1.82, 2.24) is 15.1 Å². The van der Waals surface area contributed by atoms with Crippen LogP contribution < -0.4 is 0 Å². The molecule has 1 atom stereocenters. The summed E-state index contributed by atoms with van der Waals surface area (Å²) in [6.07, 6.45) is 3.44. The van der Waals surface area contributed by atoms with Gasteiger partial charge in [-0.2, -0.15) is 0 Å². The Kier molecular flexibility index (Phi) is 5.92. The highest BCUT2D eigenvalue weighted by atomic mass is 16.4. The maximum atomic E-state index is 12.7. The predicted molar refractivity (Wildman–Crippen MR) is 108 cm³/mol. The van der Waals surface area contributed by atoms with Crippen molar-refractivity contribution in [1.29, 1.82) is 0 Å². The second-order valence-corrected chi connectivity index (χ2v) is 7.39. The van der Waals surface area contributed by atoms with Gasteiger partial charge in [0.15, 0.2) is 0 Å². The van der Waals surface area contributed by atoms with Gasteiger partial charge in [0.05, 0.1) is 6.54 Å². The van der Waals surface area contributed by atoms with E-state index in [1.54, 1.807) is 0 Å². The molecule has 2 heterocycles. The normalized spacial score (nSPS) is 17.5. The summed E-state index contributed by atoms with van der Waals surface area (Å²) in [5.41, 5.74) is 2.15. The van der Waals surface area contributed by atoms with Crippen LogP contribution >= 0.6 is 0 Å². The van der Waals surface area contributed by atoms with Crippen LogP contribution in [0.3, 0.4) is 0 Å². The zero-order chi connectivity index (χ0) is 19.2. The highest BCUT2D eigenvalue weighted by Gasteiger charge is 2.26. The van der Waals surface area contributed by atoms with E-state index in [0.717, 1.165) is 37.9 Å². The molecule has 1 aromatic heterocycles. The van der Waals surface area contributed by atoms with Gasteiger partial charge in [0.25, 0.3) is 0 Å². The molecule has 1 aliphatic rings. The fourth-order valence-corrected chi connectivity index (χ4v) is 3.78. The van der Waals surface area contributed by atoms with E-state index in [1.807, 2.05) is 48.5 Å². The summed E-state index contributed by atoms with van der Waals surface area (Å²) >= 11 is 0. The van der Waals surface area contributed by atoms with Gasteiger partial charge in [-0.05, 0) is 43.5 Å². The number of piperidine rings is 1. The van der Waals surface area contributed by atoms with Crippen LogP contribution in [0, 0.1) is 5.92 Å². The lowest BCUT2D eigenvalue weighted by molar-refractivity contribution is -0.124. The van der Waals surface area contributed by atoms with E-state index in [0.29, 0.717) is 30.5 Å². The largest absolute Gasteiger partial charge is 0.419 e. The first kappa shape index (κ1) is 18.6. The van der Waals surface area contributed by atoms with E-state index in [1.165, 1.54) is 5.56 Å². The first-order valence-corrected chi connectivity index (χ1v) is 9.95. The molecule has 1 saturated heterocycles. The summed E-state index contributed by atoms with van der Waals surface area (Å²) in [6, 6.07) is 20.0. The van der Waals surface area contributed by atoms with Gasteiger partial charge in [-0.3, -0.25) is 9.69 Å². The molecule has 1 fully saturated rings. The van der Waals surface area contributed by atoms with Gasteiger partial charge < -0.3 is 4.42 Å². The zero-order valence-corrected chi connectivity index (χ0v) is 16.0. The molecule has 3 aromatic rings. The van der Waals surface area contributed by atoms with E-state index in [2.05, 4.69) is 27.2 Å². The van der Waals surface area contributed by atoms with Crippen LogP contribution in [0.1, 0.15) is 30.7 Å². The lowest BCUT2D eigenvalue weighted by Crippen LogP contribution is -2.38. The molecule has 1 aliphatic heterocycles. The molecule has 5 heteroatoms. The molecule has 0 unspecified atom stereocenters. The number of nitrogens with zero attached hydrogens (tertiary/aromatic N) is 3. The number of hydrogen-bond acceptors (Lipinski definition) is 5. The average molecular weight is 375 g/mol. The lowest BCUT2D eigenvalue weighted by atomic mass is 9.90. The number of benzene rings is 2. The number of ketones is 1. The Bertz CT molecular complexity index is 892. The molecule has 28 heavy (non-hydrogen) atoms. The monoisotopic (exact) mass is 375 g/mol. The van der Waals surface area contributed by atoms with E-state index >= 15 is 0 Å². The first-order chi connectivity index (χ1) is 13.8. The molecule has 4 rings (SSSR count). The van der Waals surface area contributed by atoms with Gasteiger partial charge in [0, 0.05) is 24.4 Å². The van der Waals surface area contributed by atoms with Crippen molar-refractivity contribution < 1.29 is 9.21 Å². The molecule has 0 amide bonds. The fraction of sp³-hybridized carbons (Fsp3) is 0.348. The van der Waals surface area contributed by atoms with Crippen LogP contribution in [-0.4, -0.2) is 34.0 Å². The topological polar surface area (TPSA) is 59.2 Å². The van der Waals surface area contributed by atoms with Gasteiger partial charge in [-0.25, -0.2) is 0 Å². The third kappa shape index (κ3) is 4.73. The highest BCUT2D eigenvalue weighted by molar-refractivity contribution is 5.81. The minimum atomic E-state index is 0.106. The van der Waals surface area contributed by atoms with Crippen molar-refractivity contribution in [3.63, 3.8) is 0 Å². The summed E-state index contributed by atoms with van der Waals surface area (Å²) in [5.74, 6) is 1.62. The third-order valence-electron chi connectivity index (χ3n) is 5.31. The summed E-state index contributed by atoms with van der Waals surface area (Å²) in [7, 11) is 0. The molecule has 2 aromatic carbocycles. The maximum Gasteiger partial charge on any atom is 0.247 e. The number of hydrogen-bond donors (Lipinski definition) is 0. The number of carbonyl (C=O) groups is 1. The molecule has 0 N–H and O–H groups in total. The molecular formula is C23H25N3O2. The number of aryl methyl sites for hydroxylation is 1. The highest BCUT2D eigenvalue weighted by Crippen LogP contribution is 2.22. The summed E-state index contributed by atoms with van der Waals surface area (Å²) < 4.78 is 5.82. The van der Waals surface area contributed by atoms with Crippen LogP contribution in [0.2, 0.25) is 0 Å². The quantitative estimate of drug-likeness (QED) is 0.621. The van der Waals surface area contributed by atoms with Crippen LogP contribution in [0.5, 0.6) is 0 Å². The second kappa shape index (κ2) is 8.93. The van der Waals surface area contributed by atoms with E-state index in [-0.39, 0.29) is 5.92 Å². The van der Waals surface area contributed by atoms with E-state index < -0.39 is 0 Å². The molecule has 0 saturated carbocycles. The Balaban J connectivity index is 1.31. The summed E-state index contributed by atoms with van der Waals surface area (Å²) in [5, 5.41) is 8.35. The first-order valence-electron chi connectivity index (χ1n) is 9.95. The molecule has 144 valence electrons. The second-order valence-electron chi connectivity index (χ2n) is 7.39. The molecule has 0 aliphatic carbocycles. The maximum absolute atomic E-state index is 12.7. The number of rotatable bonds is 7. The van der Waals surface area contributed by atoms with E-state index in [4.69, 9.17) is 4.42 Å². The van der Waals surface area contributed by atoms with Crippen molar-refractivity contribution >= 4 is 5.78 Å². The number of aromatic nitrogens is 2. The van der Waals surface area contributed by atoms with E-state index in [9.17, 15) is 4.79 Å². The van der Waals surface area contributed by atoms with Crippen molar-refractivity contribution in [2.75, 3.05) is 13.1 Å². The van der Waals surface area contributed by atoms with Crippen molar-refractivity contribution in [3.8, 4) is 11.5 Å². The summed E-state index contributed by atoms with van der Waals surface area (Å²) in [6.45, 7) is 2.34. The number of Topliss-reactive ketones (excluding diaryl/α,β-unsaturated/α-hetero) is 1. The molecular weight excluding hydrogens is 350 g/mol. The zero-order valence-electron chi connectivity index (χ0n) is 16.0. The third-order valence-corrected chi connectivity index (χ3v) is 5.31. The van der Waals surface area contributed by atoms with Crippen molar-refractivity contribution in [3.05, 3.63) is 72.1 Å². The molecule has 5 nitrogen and oxygen atoms in total. The van der Waals surface area contributed by atoms with Gasteiger partial charge >= 0.3 is 0 Å². The Morgan fingerprint density at radius 3 is 2.57 bits per heavy atom. The van der Waals surface area contributed by atoms with Crippen LogP contribution in [0.4, 0.5) is 0 Å². The molecule has 0 radical (unpaired) electrons. The van der Waals surface area contributed by atoms with Crippen molar-refractivity contribution in [2.45, 2.75) is 32.2 Å². The van der Waals surface area contributed by atoms with Crippen LogP contribution in [0.25, 0.3) is 11.5 Å². The number of likely N-dealkylation sites (tertiary alicyclic amines) is 1. The Hall–Kier alpha value is -2.79. The van der Waals surface area contributed by atoms with Crippen LogP contribution in [0.15, 0.2) is 65.1 Å². The smallest absolute Gasteiger partial charge is 0.247 e. The summed E-state index contributed by atoms with van der Waals surface area (Å²) in [4.78, 5) is 14.9. The fourth-order valence-electron chi connectivity index (χ4n) is 3.78. The SMILES string of the molecule is O=C(CCc1ccccc1)[C@H]1CCCN(Cc2nnc(-c3ccccc3)o2)C1. The Morgan fingerprint density at radius 1 is 1.04 bits per heavy atom. The standard InChI is InChI=1S/C23H25N3O2/c27-21(14-13-18-8-3-1-4-9-18)20-12-7-15-26(16-20)17-22-24-25-23(28-22)19-10-5-2-6-11-19/h1-6,8-11,20H,7,12-17H2/t20-/m0/s1. The van der Waals surface area contributed by atoms with Crippen LogP contribution in [-0.2, 0) is 17.8 Å². The van der Waals surface area contributed by atoms with Gasteiger partial charge in [-0.1, -0.05) is 48.5 Å². The average Bonchev–Trinajstić information content (AvgIpc) is 3.22. The minimum absolute atomic E-state index is 0.106. The number of carbonyl (C=O) groups excluding carboxylic acids is 1. The van der Waals surface area contributed by atoms with Gasteiger partial charge in [-0.15, -0.1) is 10.2 Å². The predicted octanol–water partition coefficient (Wildman–Crippen LogP) is 4.15. The molecule has 0 bridgehead atoms. The Morgan fingerprint density at radius 2 is 1.79 bits per heavy atom. The minimum Gasteiger partial charge on any atom is -0.419 e. The van der Waals surface area contributed by atoms with Gasteiger partial charge in [0.1, 0.15) is 5.78 Å². The van der Waals surface area contributed by atoms with Crippen molar-refractivity contribution in [2.24, 2.45) is 5.92 Å². The molecule has 0 spiro atoms.